The lowest BCUT2D eigenvalue weighted by atomic mass is 9.96. The molecule has 2 heterocycles. The molecule has 0 aromatic carbocycles. The van der Waals surface area contributed by atoms with Crippen molar-refractivity contribution in [3.63, 3.8) is 0 Å². The summed E-state index contributed by atoms with van der Waals surface area (Å²) in [6.45, 7) is 3.98. The van der Waals surface area contributed by atoms with E-state index in [0.29, 0.717) is 25.3 Å². The van der Waals surface area contributed by atoms with Crippen LogP contribution in [0.3, 0.4) is 0 Å². The standard InChI is InChI=1S/C14H23N3O4/c1-3-4-17-7-10(6-16-17)14(19)15-5-11-8-21-9-12(20-2)13(11)18/h6-7,11-13,18H,3-5,8-9H2,1-2H3,(H,15,19)/t11-,12-,13+/m1/s1. The van der Waals surface area contributed by atoms with Gasteiger partial charge in [0.1, 0.15) is 6.10 Å². The highest BCUT2D eigenvalue weighted by molar-refractivity contribution is 5.93. The van der Waals surface area contributed by atoms with Gasteiger partial charge in [-0.1, -0.05) is 6.92 Å². The fraction of sp³-hybridized carbons (Fsp3) is 0.714. The van der Waals surface area contributed by atoms with Gasteiger partial charge in [-0.15, -0.1) is 0 Å². The average Bonchev–Trinajstić information content (AvgIpc) is 2.95. The zero-order chi connectivity index (χ0) is 15.2. The number of nitrogens with zero attached hydrogens (tertiary/aromatic N) is 2. The number of aromatic nitrogens is 2. The molecule has 1 aromatic heterocycles. The van der Waals surface area contributed by atoms with Crippen LogP contribution in [0.15, 0.2) is 12.4 Å². The van der Waals surface area contributed by atoms with Crippen LogP contribution in [0.1, 0.15) is 23.7 Å². The molecular formula is C14H23N3O4. The molecule has 0 aliphatic carbocycles. The monoisotopic (exact) mass is 297 g/mol. The van der Waals surface area contributed by atoms with Crippen molar-refractivity contribution in [3.05, 3.63) is 18.0 Å². The van der Waals surface area contributed by atoms with Gasteiger partial charge in [0, 0.05) is 32.3 Å². The number of amides is 1. The number of methoxy groups -OCH3 is 1. The summed E-state index contributed by atoms with van der Waals surface area (Å²) in [7, 11) is 1.54. The Morgan fingerprint density at radius 2 is 2.43 bits per heavy atom. The highest BCUT2D eigenvalue weighted by Gasteiger charge is 2.32. The highest BCUT2D eigenvalue weighted by Crippen LogP contribution is 2.16. The Labute approximate surface area is 124 Å². The van der Waals surface area contributed by atoms with Crippen molar-refractivity contribution in [2.45, 2.75) is 32.1 Å². The first-order valence-electron chi connectivity index (χ1n) is 7.25. The van der Waals surface area contributed by atoms with Gasteiger partial charge in [-0.3, -0.25) is 9.48 Å². The number of carbonyl (C=O) groups excluding carboxylic acids is 1. The van der Waals surface area contributed by atoms with E-state index in [1.807, 2.05) is 0 Å². The Bertz CT molecular complexity index is 463. The summed E-state index contributed by atoms with van der Waals surface area (Å²) in [5, 5.41) is 17.0. The molecule has 7 nitrogen and oxygen atoms in total. The molecule has 7 heteroatoms. The summed E-state index contributed by atoms with van der Waals surface area (Å²) in [5.74, 6) is -0.359. The van der Waals surface area contributed by atoms with Gasteiger partial charge in [-0.2, -0.15) is 5.10 Å². The maximum Gasteiger partial charge on any atom is 0.254 e. The van der Waals surface area contributed by atoms with E-state index in [0.717, 1.165) is 13.0 Å². The van der Waals surface area contributed by atoms with Gasteiger partial charge >= 0.3 is 0 Å². The van der Waals surface area contributed by atoms with Gasteiger partial charge in [-0.05, 0) is 6.42 Å². The Balaban J connectivity index is 1.85. The van der Waals surface area contributed by atoms with Crippen LogP contribution in [0.25, 0.3) is 0 Å². The minimum atomic E-state index is -0.633. The molecule has 1 fully saturated rings. The van der Waals surface area contributed by atoms with E-state index >= 15 is 0 Å². The SMILES string of the molecule is CCCn1cc(C(=O)NC[C@@H]2COC[C@@H](OC)[C@H]2O)cn1. The molecular weight excluding hydrogens is 274 g/mol. The van der Waals surface area contributed by atoms with Crippen molar-refractivity contribution in [3.8, 4) is 0 Å². The number of hydrogen-bond acceptors (Lipinski definition) is 5. The zero-order valence-electron chi connectivity index (χ0n) is 12.5. The van der Waals surface area contributed by atoms with E-state index in [9.17, 15) is 9.90 Å². The minimum Gasteiger partial charge on any atom is -0.390 e. The summed E-state index contributed by atoms with van der Waals surface area (Å²) in [4.78, 5) is 12.0. The van der Waals surface area contributed by atoms with Gasteiger partial charge in [-0.25, -0.2) is 0 Å². The van der Waals surface area contributed by atoms with E-state index < -0.39 is 6.10 Å². The van der Waals surface area contributed by atoms with Gasteiger partial charge < -0.3 is 19.9 Å². The van der Waals surface area contributed by atoms with Gasteiger partial charge in [0.05, 0.1) is 31.1 Å². The van der Waals surface area contributed by atoms with Crippen molar-refractivity contribution in [1.29, 1.82) is 0 Å². The molecule has 0 bridgehead atoms. The third-order valence-electron chi connectivity index (χ3n) is 3.65. The second kappa shape index (κ2) is 7.53. The van der Waals surface area contributed by atoms with Crippen LogP contribution >= 0.6 is 0 Å². The lowest BCUT2D eigenvalue weighted by molar-refractivity contribution is -0.132. The summed E-state index contributed by atoms with van der Waals surface area (Å²) in [5.41, 5.74) is 0.526. The molecule has 0 saturated carbocycles. The fourth-order valence-corrected chi connectivity index (χ4v) is 2.38. The predicted octanol–water partition coefficient (Wildman–Crippen LogP) is 0.0452. The number of nitrogens with one attached hydrogen (secondary N) is 1. The van der Waals surface area contributed by atoms with Crippen LogP contribution in [-0.4, -0.2) is 59.9 Å². The van der Waals surface area contributed by atoms with Gasteiger partial charge in [0.2, 0.25) is 0 Å². The van der Waals surface area contributed by atoms with Gasteiger partial charge in [0.25, 0.3) is 5.91 Å². The van der Waals surface area contributed by atoms with Crippen LogP contribution in [0.4, 0.5) is 0 Å². The largest absolute Gasteiger partial charge is 0.390 e. The van der Waals surface area contributed by atoms with E-state index in [-0.39, 0.29) is 17.9 Å². The van der Waals surface area contributed by atoms with E-state index in [1.54, 1.807) is 24.2 Å². The molecule has 2 rings (SSSR count). The first-order valence-corrected chi connectivity index (χ1v) is 7.25. The Morgan fingerprint density at radius 3 is 3.14 bits per heavy atom. The number of aliphatic hydroxyl groups excluding tert-OH is 1. The van der Waals surface area contributed by atoms with E-state index in [4.69, 9.17) is 9.47 Å². The quantitative estimate of drug-likeness (QED) is 0.774. The predicted molar refractivity (Wildman–Crippen MR) is 76.0 cm³/mol. The lowest BCUT2D eigenvalue weighted by Crippen LogP contribution is -2.49. The molecule has 1 aliphatic rings. The molecule has 118 valence electrons. The average molecular weight is 297 g/mol. The summed E-state index contributed by atoms with van der Waals surface area (Å²) in [6.07, 6.45) is 3.27. The number of rotatable bonds is 6. The van der Waals surface area contributed by atoms with Gasteiger partial charge in [0.15, 0.2) is 0 Å². The van der Waals surface area contributed by atoms with Crippen molar-refractivity contribution in [2.75, 3.05) is 26.9 Å². The number of aliphatic hydroxyl groups is 1. The normalized spacial score (nSPS) is 25.8. The Hall–Kier alpha value is -1.44. The van der Waals surface area contributed by atoms with Crippen molar-refractivity contribution >= 4 is 5.91 Å². The molecule has 21 heavy (non-hydrogen) atoms. The molecule has 0 spiro atoms. The third kappa shape index (κ3) is 4.03. The van der Waals surface area contributed by atoms with Crippen LogP contribution in [0, 0.1) is 5.92 Å². The lowest BCUT2D eigenvalue weighted by Gasteiger charge is -2.33. The van der Waals surface area contributed by atoms with Crippen molar-refractivity contribution in [2.24, 2.45) is 5.92 Å². The first-order chi connectivity index (χ1) is 10.2. The second-order valence-electron chi connectivity index (χ2n) is 5.26. The maximum absolute atomic E-state index is 12.0. The van der Waals surface area contributed by atoms with Crippen LogP contribution in [0.5, 0.6) is 0 Å². The molecule has 2 N–H and O–H groups in total. The molecule has 0 radical (unpaired) electrons. The van der Waals surface area contributed by atoms with Crippen LogP contribution < -0.4 is 5.32 Å². The second-order valence-corrected chi connectivity index (χ2v) is 5.26. The molecule has 3 atom stereocenters. The maximum atomic E-state index is 12.0. The highest BCUT2D eigenvalue weighted by atomic mass is 16.5. The number of aryl methyl sites for hydroxylation is 1. The minimum absolute atomic E-state index is 0.168. The Morgan fingerprint density at radius 1 is 1.62 bits per heavy atom. The fourth-order valence-electron chi connectivity index (χ4n) is 2.38. The number of carbonyl (C=O) groups is 1. The number of hydrogen-bond donors (Lipinski definition) is 2. The molecule has 1 aliphatic heterocycles. The topological polar surface area (TPSA) is 85.6 Å². The third-order valence-corrected chi connectivity index (χ3v) is 3.65. The molecule has 1 aromatic rings. The van der Waals surface area contributed by atoms with E-state index in [2.05, 4.69) is 17.3 Å². The first kappa shape index (κ1) is 15.9. The summed E-state index contributed by atoms with van der Waals surface area (Å²) in [6, 6.07) is 0. The van der Waals surface area contributed by atoms with Crippen LogP contribution in [-0.2, 0) is 16.0 Å². The smallest absolute Gasteiger partial charge is 0.254 e. The van der Waals surface area contributed by atoms with E-state index in [1.165, 1.54) is 0 Å². The zero-order valence-corrected chi connectivity index (χ0v) is 12.5. The number of ether oxygens (including phenoxy) is 2. The van der Waals surface area contributed by atoms with Crippen LogP contribution in [0.2, 0.25) is 0 Å². The Kier molecular flexibility index (Phi) is 5.72. The summed E-state index contributed by atoms with van der Waals surface area (Å²) >= 11 is 0. The molecule has 1 amide bonds. The molecule has 0 unspecified atom stereocenters. The van der Waals surface area contributed by atoms with Crippen molar-refractivity contribution < 1.29 is 19.4 Å². The molecule has 1 saturated heterocycles. The summed E-state index contributed by atoms with van der Waals surface area (Å²) < 4.78 is 12.3. The van der Waals surface area contributed by atoms with Crippen molar-refractivity contribution in [1.82, 2.24) is 15.1 Å².